The van der Waals surface area contributed by atoms with Gasteiger partial charge in [0.15, 0.2) is 17.9 Å². The molecule has 1 aromatic heterocycles. The lowest BCUT2D eigenvalue weighted by atomic mass is 9.85. The monoisotopic (exact) mass is 647 g/mol. The number of ether oxygens (including phenoxy) is 3. The fraction of sp³-hybridized carbons (Fsp3) is 0.303. The van der Waals surface area contributed by atoms with E-state index in [9.17, 15) is 9.59 Å². The number of esters is 1. The molecule has 4 aromatic rings. The van der Waals surface area contributed by atoms with Crippen LogP contribution in [0.3, 0.4) is 0 Å². The summed E-state index contributed by atoms with van der Waals surface area (Å²) in [6.45, 7) is 5.33. The zero-order valence-corrected chi connectivity index (χ0v) is 26.2. The SMILES string of the molecule is COC(=O)c1ccc(CCOc2cc3c(cc2OC)CCN(C(=O)NCc2cocn2)C3c2ccc(C)cc2C)cc1Br. The van der Waals surface area contributed by atoms with Gasteiger partial charge in [0.2, 0.25) is 0 Å². The quantitative estimate of drug-likeness (QED) is 0.212. The second-order valence-electron chi connectivity index (χ2n) is 10.5. The number of rotatable bonds is 9. The predicted octanol–water partition coefficient (Wildman–Crippen LogP) is 6.33. The Labute approximate surface area is 259 Å². The Bertz CT molecular complexity index is 1620. The molecular weight excluding hydrogens is 614 g/mol. The molecule has 0 fully saturated rings. The minimum Gasteiger partial charge on any atom is -0.493 e. The molecule has 0 bridgehead atoms. The Balaban J connectivity index is 1.43. The smallest absolute Gasteiger partial charge is 0.338 e. The summed E-state index contributed by atoms with van der Waals surface area (Å²) < 4.78 is 22.6. The van der Waals surface area contributed by atoms with Crippen LogP contribution in [0.5, 0.6) is 11.5 Å². The van der Waals surface area contributed by atoms with Crippen molar-refractivity contribution in [2.75, 3.05) is 27.4 Å². The van der Waals surface area contributed by atoms with E-state index in [4.69, 9.17) is 18.6 Å². The van der Waals surface area contributed by atoms with Gasteiger partial charge < -0.3 is 28.8 Å². The Morgan fingerprint density at radius 2 is 1.91 bits per heavy atom. The number of hydrogen-bond acceptors (Lipinski definition) is 7. The highest BCUT2D eigenvalue weighted by atomic mass is 79.9. The van der Waals surface area contributed by atoms with E-state index in [1.165, 1.54) is 19.8 Å². The maximum absolute atomic E-state index is 13.6. The molecule has 43 heavy (non-hydrogen) atoms. The lowest BCUT2D eigenvalue weighted by Gasteiger charge is -2.38. The van der Waals surface area contributed by atoms with Crippen molar-refractivity contribution >= 4 is 27.9 Å². The van der Waals surface area contributed by atoms with E-state index in [-0.39, 0.29) is 18.6 Å². The lowest BCUT2D eigenvalue weighted by molar-refractivity contribution is 0.0599. The first-order valence-corrected chi connectivity index (χ1v) is 14.8. The number of aryl methyl sites for hydroxylation is 2. The first kappa shape index (κ1) is 30.2. The van der Waals surface area contributed by atoms with Crippen molar-refractivity contribution in [1.82, 2.24) is 15.2 Å². The second kappa shape index (κ2) is 13.3. The van der Waals surface area contributed by atoms with Crippen molar-refractivity contribution in [2.24, 2.45) is 0 Å². The molecule has 9 nitrogen and oxygen atoms in total. The third kappa shape index (κ3) is 6.69. The highest BCUT2D eigenvalue weighted by molar-refractivity contribution is 9.10. The topological polar surface area (TPSA) is 103 Å². The largest absolute Gasteiger partial charge is 0.493 e. The molecule has 224 valence electrons. The Kier molecular flexibility index (Phi) is 9.35. The fourth-order valence-corrected chi connectivity index (χ4v) is 6.03. The van der Waals surface area contributed by atoms with E-state index in [0.29, 0.717) is 53.2 Å². The third-order valence-electron chi connectivity index (χ3n) is 7.63. The van der Waals surface area contributed by atoms with Gasteiger partial charge >= 0.3 is 12.0 Å². The maximum Gasteiger partial charge on any atom is 0.338 e. The van der Waals surface area contributed by atoms with Crippen molar-refractivity contribution < 1.29 is 28.2 Å². The van der Waals surface area contributed by atoms with Gasteiger partial charge in [-0.3, -0.25) is 0 Å². The summed E-state index contributed by atoms with van der Waals surface area (Å²) in [5.74, 6) is 0.850. The minimum atomic E-state index is -0.396. The molecule has 0 saturated carbocycles. The summed E-state index contributed by atoms with van der Waals surface area (Å²) >= 11 is 3.46. The summed E-state index contributed by atoms with van der Waals surface area (Å²) in [6, 6.07) is 15.4. The fourth-order valence-electron chi connectivity index (χ4n) is 5.45. The number of carbonyl (C=O) groups is 2. The molecule has 1 atom stereocenters. The average Bonchev–Trinajstić information content (AvgIpc) is 3.53. The van der Waals surface area contributed by atoms with Gasteiger partial charge in [-0.1, -0.05) is 29.8 Å². The molecule has 1 N–H and O–H groups in total. The van der Waals surface area contributed by atoms with E-state index in [2.05, 4.69) is 58.3 Å². The maximum atomic E-state index is 13.6. The standard InChI is InChI=1S/C33H34BrN3O6/c1-20-5-7-25(21(2)13-20)31-27-16-30(43-12-10-22-6-8-26(28(34)14-22)32(38)41-4)29(40-3)15-23(27)9-11-37(31)33(39)35-17-24-18-42-19-36-24/h5-8,13-16,18-19,31H,9-12,17H2,1-4H3,(H,35,39). The van der Waals surface area contributed by atoms with E-state index >= 15 is 0 Å². The van der Waals surface area contributed by atoms with Gasteiger partial charge in [0.25, 0.3) is 0 Å². The predicted molar refractivity (Wildman–Crippen MR) is 165 cm³/mol. The van der Waals surface area contributed by atoms with Crippen LogP contribution in [0.15, 0.2) is 70.1 Å². The number of oxazole rings is 1. The number of aromatic nitrogens is 1. The molecule has 5 rings (SSSR count). The number of nitrogens with zero attached hydrogens (tertiary/aromatic N) is 2. The summed E-state index contributed by atoms with van der Waals surface area (Å²) in [4.78, 5) is 31.5. The zero-order valence-electron chi connectivity index (χ0n) is 24.6. The second-order valence-corrected chi connectivity index (χ2v) is 11.3. The van der Waals surface area contributed by atoms with Crippen molar-refractivity contribution in [1.29, 1.82) is 0 Å². The number of carbonyl (C=O) groups excluding carboxylic acids is 2. The van der Waals surface area contributed by atoms with E-state index in [1.807, 2.05) is 29.2 Å². The zero-order chi connectivity index (χ0) is 30.5. The molecule has 3 aromatic carbocycles. The number of methoxy groups -OCH3 is 2. The van der Waals surface area contributed by atoms with Gasteiger partial charge in [-0.15, -0.1) is 0 Å². The van der Waals surface area contributed by atoms with Crippen LogP contribution in [-0.2, 0) is 24.1 Å². The third-order valence-corrected chi connectivity index (χ3v) is 8.28. The van der Waals surface area contributed by atoms with Gasteiger partial charge in [-0.25, -0.2) is 14.6 Å². The van der Waals surface area contributed by atoms with Crippen LogP contribution in [0, 0.1) is 13.8 Å². The molecule has 10 heteroatoms. The average molecular weight is 649 g/mol. The summed E-state index contributed by atoms with van der Waals surface area (Å²) in [6.07, 6.45) is 4.15. The van der Waals surface area contributed by atoms with Crippen molar-refractivity contribution in [3.8, 4) is 11.5 Å². The minimum absolute atomic E-state index is 0.183. The van der Waals surface area contributed by atoms with Gasteiger partial charge in [0, 0.05) is 17.4 Å². The highest BCUT2D eigenvalue weighted by Gasteiger charge is 2.34. The molecule has 0 radical (unpaired) electrons. The van der Waals surface area contributed by atoms with Crippen LogP contribution in [0.25, 0.3) is 0 Å². The van der Waals surface area contributed by atoms with Crippen molar-refractivity contribution in [3.63, 3.8) is 0 Å². The number of urea groups is 1. The number of benzene rings is 3. The van der Waals surface area contributed by atoms with Crippen molar-refractivity contribution in [3.05, 3.63) is 110 Å². The first-order valence-electron chi connectivity index (χ1n) is 14.0. The Morgan fingerprint density at radius 1 is 1.07 bits per heavy atom. The van der Waals surface area contributed by atoms with Gasteiger partial charge in [0.1, 0.15) is 6.26 Å². The molecule has 1 unspecified atom stereocenters. The number of nitrogens with one attached hydrogen (secondary N) is 1. The molecule has 1 aliphatic heterocycles. The lowest BCUT2D eigenvalue weighted by Crippen LogP contribution is -2.46. The number of hydrogen-bond donors (Lipinski definition) is 1. The van der Waals surface area contributed by atoms with Crippen LogP contribution in [-0.4, -0.2) is 49.3 Å². The molecule has 0 aliphatic carbocycles. The van der Waals surface area contributed by atoms with Crippen LogP contribution in [0.2, 0.25) is 0 Å². The summed E-state index contributed by atoms with van der Waals surface area (Å²) in [5.41, 5.74) is 7.54. The molecule has 0 spiro atoms. The summed E-state index contributed by atoms with van der Waals surface area (Å²) in [5, 5.41) is 3.00. The molecular formula is C33H34BrN3O6. The van der Waals surface area contributed by atoms with Gasteiger partial charge in [0.05, 0.1) is 44.7 Å². The summed E-state index contributed by atoms with van der Waals surface area (Å²) in [7, 11) is 2.99. The van der Waals surface area contributed by atoms with E-state index in [0.717, 1.165) is 33.4 Å². The van der Waals surface area contributed by atoms with Gasteiger partial charge in [-0.05, 0) is 88.3 Å². The number of amides is 2. The molecule has 1 aliphatic rings. The van der Waals surface area contributed by atoms with Crippen molar-refractivity contribution in [2.45, 2.75) is 39.3 Å². The van der Waals surface area contributed by atoms with Crippen LogP contribution >= 0.6 is 15.9 Å². The van der Waals surface area contributed by atoms with Gasteiger partial charge in [-0.2, -0.15) is 0 Å². The molecule has 0 saturated heterocycles. The Morgan fingerprint density at radius 3 is 2.60 bits per heavy atom. The Hall–Kier alpha value is -4.31. The van der Waals surface area contributed by atoms with E-state index in [1.54, 1.807) is 13.2 Å². The van der Waals surface area contributed by atoms with Crippen LogP contribution < -0.4 is 14.8 Å². The number of fused-ring (bicyclic) bond motifs is 1. The first-order chi connectivity index (χ1) is 20.8. The highest BCUT2D eigenvalue weighted by Crippen LogP contribution is 2.42. The normalized spacial score (nSPS) is 14.2. The van der Waals surface area contributed by atoms with Crippen LogP contribution in [0.4, 0.5) is 4.79 Å². The van der Waals surface area contributed by atoms with E-state index < -0.39 is 5.97 Å². The molecule has 2 amide bonds. The molecule has 2 heterocycles. The van der Waals surface area contributed by atoms with Crippen LogP contribution in [0.1, 0.15) is 55.5 Å². The number of halogens is 1.